The molecule has 0 saturated carbocycles. The lowest BCUT2D eigenvalue weighted by Gasteiger charge is -2.10. The molecule has 110 valence electrons. The molecule has 3 nitrogen and oxygen atoms in total. The molecule has 0 atom stereocenters. The summed E-state index contributed by atoms with van der Waals surface area (Å²) in [6.45, 7) is 1.52. The van der Waals surface area contributed by atoms with Gasteiger partial charge in [0.1, 0.15) is 11.6 Å². The van der Waals surface area contributed by atoms with Crippen molar-refractivity contribution < 1.29 is 13.9 Å². The lowest BCUT2D eigenvalue weighted by atomic mass is 10.1. The highest BCUT2D eigenvalue weighted by Gasteiger charge is 2.08. The zero-order valence-electron chi connectivity index (χ0n) is 11.9. The quantitative estimate of drug-likeness (QED) is 0.517. The van der Waals surface area contributed by atoms with E-state index in [2.05, 4.69) is 0 Å². The molecule has 0 saturated heterocycles. The molecule has 0 amide bonds. The van der Waals surface area contributed by atoms with E-state index in [4.69, 9.17) is 10.5 Å². The Labute approximate surface area is 127 Å². The number of rotatable bonds is 5. The second-order valence-corrected chi connectivity index (χ2v) is 5.64. The van der Waals surface area contributed by atoms with Crippen LogP contribution in [-0.4, -0.2) is 12.9 Å². The minimum Gasteiger partial charge on any atom is -0.496 e. The van der Waals surface area contributed by atoms with Crippen molar-refractivity contribution in [2.24, 2.45) is 0 Å². The predicted octanol–water partition coefficient (Wildman–Crippen LogP) is 3.91. The smallest absolute Gasteiger partial charge is 0.159 e. The van der Waals surface area contributed by atoms with Crippen LogP contribution in [0.3, 0.4) is 0 Å². The van der Waals surface area contributed by atoms with E-state index in [-0.39, 0.29) is 11.6 Å². The number of ether oxygens (including phenoxy) is 1. The van der Waals surface area contributed by atoms with Crippen molar-refractivity contribution in [1.82, 2.24) is 0 Å². The van der Waals surface area contributed by atoms with Crippen LogP contribution in [0.15, 0.2) is 41.3 Å². The van der Waals surface area contributed by atoms with Gasteiger partial charge in [-0.25, -0.2) is 4.39 Å². The number of benzene rings is 2. The van der Waals surface area contributed by atoms with Gasteiger partial charge in [0.2, 0.25) is 0 Å². The molecule has 0 aliphatic rings. The maximum absolute atomic E-state index is 13.3. The summed E-state index contributed by atoms with van der Waals surface area (Å²) in [5.41, 5.74) is 7.53. The molecule has 2 aromatic carbocycles. The summed E-state index contributed by atoms with van der Waals surface area (Å²) in [4.78, 5) is 12.2. The number of ketones is 1. The van der Waals surface area contributed by atoms with Crippen molar-refractivity contribution in [1.29, 1.82) is 0 Å². The number of Topliss-reactive ketones (excluding diaryl/α,β-unsaturated/α-hetero) is 1. The Balaban J connectivity index is 2.21. The van der Waals surface area contributed by atoms with Gasteiger partial charge < -0.3 is 10.5 Å². The number of anilines is 1. The fourth-order valence-electron chi connectivity index (χ4n) is 1.94. The third-order valence-electron chi connectivity index (χ3n) is 2.97. The van der Waals surface area contributed by atoms with Gasteiger partial charge in [-0.2, -0.15) is 0 Å². The van der Waals surface area contributed by atoms with Gasteiger partial charge in [0, 0.05) is 27.5 Å². The van der Waals surface area contributed by atoms with Gasteiger partial charge in [-0.1, -0.05) is 0 Å². The highest BCUT2D eigenvalue weighted by Crippen LogP contribution is 2.30. The molecule has 0 radical (unpaired) electrons. The largest absolute Gasteiger partial charge is 0.496 e. The molecule has 21 heavy (non-hydrogen) atoms. The van der Waals surface area contributed by atoms with E-state index in [1.54, 1.807) is 31.4 Å². The van der Waals surface area contributed by atoms with Crippen LogP contribution in [0.25, 0.3) is 0 Å². The minimum atomic E-state index is -0.359. The molecule has 0 heterocycles. The number of carbonyl (C=O) groups excluding carboxylic acids is 1. The third-order valence-corrected chi connectivity index (χ3v) is 4.00. The van der Waals surface area contributed by atoms with Crippen LogP contribution in [0.5, 0.6) is 5.75 Å². The third kappa shape index (κ3) is 3.98. The number of nitrogens with two attached hydrogens (primary N) is 1. The molecule has 0 fully saturated rings. The Kier molecular flexibility index (Phi) is 4.85. The topological polar surface area (TPSA) is 52.3 Å². The van der Waals surface area contributed by atoms with Gasteiger partial charge in [0.15, 0.2) is 5.78 Å². The molecular weight excluding hydrogens is 289 g/mol. The van der Waals surface area contributed by atoms with Crippen LogP contribution >= 0.6 is 11.8 Å². The molecule has 2 rings (SSSR count). The standard InChI is InChI=1S/C16H16FNO2S/c1-10(19)11-3-4-16(20-2)12(5-11)9-21-15-7-13(17)6-14(18)8-15/h3-8H,9,18H2,1-2H3. The van der Waals surface area contributed by atoms with E-state index >= 15 is 0 Å². The van der Waals surface area contributed by atoms with Crippen molar-refractivity contribution in [2.75, 3.05) is 12.8 Å². The zero-order valence-corrected chi connectivity index (χ0v) is 12.7. The van der Waals surface area contributed by atoms with Crippen molar-refractivity contribution in [3.05, 3.63) is 53.3 Å². The number of methoxy groups -OCH3 is 1. The number of thioether (sulfide) groups is 1. The first-order chi connectivity index (χ1) is 9.99. The summed E-state index contributed by atoms with van der Waals surface area (Å²) in [6.07, 6.45) is 0. The first-order valence-corrected chi connectivity index (χ1v) is 7.35. The second-order valence-electron chi connectivity index (χ2n) is 4.59. The highest BCUT2D eigenvalue weighted by atomic mass is 32.2. The maximum Gasteiger partial charge on any atom is 0.159 e. The fraction of sp³-hybridized carbons (Fsp3) is 0.188. The Morgan fingerprint density at radius 3 is 2.67 bits per heavy atom. The predicted molar refractivity (Wildman–Crippen MR) is 83.4 cm³/mol. The van der Waals surface area contributed by atoms with E-state index < -0.39 is 0 Å². The van der Waals surface area contributed by atoms with Gasteiger partial charge in [-0.3, -0.25) is 4.79 Å². The lowest BCUT2D eigenvalue weighted by molar-refractivity contribution is 0.101. The average Bonchev–Trinajstić information content (AvgIpc) is 2.43. The maximum atomic E-state index is 13.3. The molecular formula is C16H16FNO2S. The Morgan fingerprint density at radius 1 is 1.29 bits per heavy atom. The van der Waals surface area contributed by atoms with Crippen LogP contribution < -0.4 is 10.5 Å². The van der Waals surface area contributed by atoms with Gasteiger partial charge in [0.25, 0.3) is 0 Å². The van der Waals surface area contributed by atoms with Gasteiger partial charge in [-0.15, -0.1) is 11.8 Å². The SMILES string of the molecule is COc1ccc(C(C)=O)cc1CSc1cc(N)cc(F)c1. The normalized spacial score (nSPS) is 10.4. The van der Waals surface area contributed by atoms with E-state index in [0.717, 1.165) is 10.5 Å². The molecule has 0 aliphatic carbocycles. The molecule has 0 spiro atoms. The monoisotopic (exact) mass is 305 g/mol. The number of hydrogen-bond acceptors (Lipinski definition) is 4. The molecule has 5 heteroatoms. The fourth-order valence-corrected chi connectivity index (χ4v) is 2.90. The van der Waals surface area contributed by atoms with Crippen molar-refractivity contribution >= 4 is 23.2 Å². The summed E-state index contributed by atoms with van der Waals surface area (Å²) in [7, 11) is 1.58. The lowest BCUT2D eigenvalue weighted by Crippen LogP contribution is -1.97. The van der Waals surface area contributed by atoms with Gasteiger partial charge >= 0.3 is 0 Å². The van der Waals surface area contributed by atoms with Crippen LogP contribution in [0.4, 0.5) is 10.1 Å². The molecule has 0 aromatic heterocycles. The van der Waals surface area contributed by atoms with Crippen molar-refractivity contribution in [2.45, 2.75) is 17.6 Å². The van der Waals surface area contributed by atoms with Crippen LogP contribution in [0.2, 0.25) is 0 Å². The average molecular weight is 305 g/mol. The molecule has 0 aliphatic heterocycles. The first-order valence-electron chi connectivity index (χ1n) is 6.36. The Morgan fingerprint density at radius 2 is 2.05 bits per heavy atom. The highest BCUT2D eigenvalue weighted by molar-refractivity contribution is 7.98. The minimum absolute atomic E-state index is 0.00102. The molecule has 0 bridgehead atoms. The van der Waals surface area contributed by atoms with Gasteiger partial charge in [0.05, 0.1) is 7.11 Å². The summed E-state index contributed by atoms with van der Waals surface area (Å²) in [6, 6.07) is 9.73. The van der Waals surface area contributed by atoms with Crippen molar-refractivity contribution in [3.8, 4) is 5.75 Å². The number of carbonyl (C=O) groups is 1. The van der Waals surface area contributed by atoms with E-state index in [0.29, 0.717) is 22.8 Å². The zero-order chi connectivity index (χ0) is 15.4. The number of halogens is 1. The number of hydrogen-bond donors (Lipinski definition) is 1. The van der Waals surface area contributed by atoms with Gasteiger partial charge in [-0.05, 0) is 43.3 Å². The molecule has 0 unspecified atom stereocenters. The summed E-state index contributed by atoms with van der Waals surface area (Å²) >= 11 is 1.44. The molecule has 2 N–H and O–H groups in total. The second kappa shape index (κ2) is 6.63. The summed E-state index contributed by atoms with van der Waals surface area (Å²) < 4.78 is 18.6. The summed E-state index contributed by atoms with van der Waals surface area (Å²) in [5, 5.41) is 0. The van der Waals surface area contributed by atoms with Crippen molar-refractivity contribution in [3.63, 3.8) is 0 Å². The first kappa shape index (κ1) is 15.4. The number of nitrogen functional groups attached to an aromatic ring is 1. The van der Waals surface area contributed by atoms with Crippen LogP contribution in [0, 0.1) is 5.82 Å². The van der Waals surface area contributed by atoms with E-state index in [1.807, 2.05) is 0 Å². The van der Waals surface area contributed by atoms with E-state index in [9.17, 15) is 9.18 Å². The van der Waals surface area contributed by atoms with E-state index in [1.165, 1.54) is 30.8 Å². The Bertz CT molecular complexity index is 653. The van der Waals surface area contributed by atoms with Crippen LogP contribution in [0.1, 0.15) is 22.8 Å². The Hall–Kier alpha value is -2.01. The molecule has 2 aromatic rings. The summed E-state index contributed by atoms with van der Waals surface area (Å²) in [5.74, 6) is 0.908. The van der Waals surface area contributed by atoms with Crippen LogP contribution in [-0.2, 0) is 5.75 Å².